The molecule has 166 valence electrons. The Morgan fingerprint density at radius 2 is 1.97 bits per heavy atom. The molecule has 3 fully saturated rings. The highest BCUT2D eigenvalue weighted by Gasteiger charge is 2.61. The summed E-state index contributed by atoms with van der Waals surface area (Å²) in [5.41, 5.74) is 1.44. The molecule has 0 saturated heterocycles. The second kappa shape index (κ2) is 7.24. The summed E-state index contributed by atoms with van der Waals surface area (Å²) in [6, 6.07) is 3.96. The van der Waals surface area contributed by atoms with Crippen molar-refractivity contribution in [2.75, 3.05) is 0 Å². The molecule has 30 heavy (non-hydrogen) atoms. The number of rotatable bonds is 4. The maximum atomic E-state index is 11.6. The molecule has 0 aliphatic heterocycles. The monoisotopic (exact) mass is 412 g/mol. The molecule has 4 aliphatic carbocycles. The van der Waals surface area contributed by atoms with E-state index in [4.69, 9.17) is 4.42 Å². The van der Waals surface area contributed by atoms with Crippen LogP contribution in [0.5, 0.6) is 0 Å². The number of furan rings is 1. The SMILES string of the molecule is CC(O)(CCc1ccco1)[C@H]1CC[C@H]2[C@@H]3CC=C4C[C@@H](O)CC[C@]4(C)[C@H]3CC[C@]12C. The van der Waals surface area contributed by atoms with Gasteiger partial charge in [0.1, 0.15) is 5.76 Å². The van der Waals surface area contributed by atoms with E-state index in [1.165, 1.54) is 25.7 Å². The minimum atomic E-state index is -0.641. The predicted molar refractivity (Wildman–Crippen MR) is 119 cm³/mol. The molecule has 3 saturated carbocycles. The average molecular weight is 413 g/mol. The first-order chi connectivity index (χ1) is 14.2. The normalized spacial score (nSPS) is 45.1. The van der Waals surface area contributed by atoms with Crippen LogP contribution in [0.15, 0.2) is 34.5 Å². The van der Waals surface area contributed by atoms with Gasteiger partial charge in [0.2, 0.25) is 0 Å². The Hall–Kier alpha value is -1.06. The molecular formula is C27H40O3. The molecule has 1 unspecified atom stereocenters. The second-order valence-electron chi connectivity index (χ2n) is 11.8. The molecule has 1 aromatic rings. The van der Waals surface area contributed by atoms with Crippen LogP contribution in [0.25, 0.3) is 0 Å². The fourth-order valence-corrected chi connectivity index (χ4v) is 8.67. The lowest BCUT2D eigenvalue weighted by atomic mass is 9.46. The lowest BCUT2D eigenvalue weighted by Gasteiger charge is -2.59. The van der Waals surface area contributed by atoms with Crippen LogP contribution in [0, 0.1) is 34.5 Å². The van der Waals surface area contributed by atoms with Crippen molar-refractivity contribution in [3.8, 4) is 0 Å². The van der Waals surface area contributed by atoms with Crippen LogP contribution in [0.4, 0.5) is 0 Å². The number of aliphatic hydroxyl groups is 2. The van der Waals surface area contributed by atoms with Gasteiger partial charge in [0.15, 0.2) is 0 Å². The average Bonchev–Trinajstić information content (AvgIpc) is 3.34. The molecular weight excluding hydrogens is 372 g/mol. The van der Waals surface area contributed by atoms with E-state index < -0.39 is 5.60 Å². The molecule has 3 nitrogen and oxygen atoms in total. The highest BCUT2D eigenvalue weighted by Crippen LogP contribution is 2.67. The summed E-state index contributed by atoms with van der Waals surface area (Å²) < 4.78 is 5.53. The molecule has 0 aromatic carbocycles. The van der Waals surface area contributed by atoms with Gasteiger partial charge in [-0.15, -0.1) is 0 Å². The van der Waals surface area contributed by atoms with Gasteiger partial charge in [-0.25, -0.2) is 0 Å². The lowest BCUT2D eigenvalue weighted by molar-refractivity contribution is -0.105. The van der Waals surface area contributed by atoms with Gasteiger partial charge in [0, 0.05) is 6.42 Å². The van der Waals surface area contributed by atoms with Crippen molar-refractivity contribution in [3.63, 3.8) is 0 Å². The second-order valence-corrected chi connectivity index (χ2v) is 11.8. The zero-order valence-corrected chi connectivity index (χ0v) is 19.1. The number of allylic oxidation sites excluding steroid dienone is 1. The summed E-state index contributed by atoms with van der Waals surface area (Å²) in [5, 5.41) is 21.8. The fraction of sp³-hybridized carbons (Fsp3) is 0.778. The Bertz CT molecular complexity index is 793. The van der Waals surface area contributed by atoms with Gasteiger partial charge in [-0.3, -0.25) is 0 Å². The lowest BCUT2D eigenvalue weighted by Crippen LogP contribution is -2.53. The van der Waals surface area contributed by atoms with Crippen LogP contribution in [-0.4, -0.2) is 21.9 Å². The maximum absolute atomic E-state index is 11.6. The van der Waals surface area contributed by atoms with Crippen molar-refractivity contribution in [1.29, 1.82) is 0 Å². The summed E-state index contributed by atoms with van der Waals surface area (Å²) in [7, 11) is 0. The van der Waals surface area contributed by atoms with Crippen molar-refractivity contribution in [1.82, 2.24) is 0 Å². The quantitative estimate of drug-likeness (QED) is 0.605. The first kappa shape index (κ1) is 20.8. The van der Waals surface area contributed by atoms with Crippen molar-refractivity contribution >= 4 is 0 Å². The van der Waals surface area contributed by atoms with Crippen molar-refractivity contribution in [3.05, 3.63) is 35.8 Å². The van der Waals surface area contributed by atoms with Gasteiger partial charge in [0.05, 0.1) is 18.0 Å². The topological polar surface area (TPSA) is 53.6 Å². The molecule has 0 radical (unpaired) electrons. The molecule has 0 amide bonds. The zero-order chi connectivity index (χ0) is 21.1. The van der Waals surface area contributed by atoms with E-state index in [2.05, 4.69) is 26.8 Å². The zero-order valence-electron chi connectivity index (χ0n) is 19.1. The Morgan fingerprint density at radius 1 is 1.13 bits per heavy atom. The van der Waals surface area contributed by atoms with Crippen LogP contribution in [0.2, 0.25) is 0 Å². The Morgan fingerprint density at radius 3 is 2.73 bits per heavy atom. The number of aryl methyl sites for hydroxylation is 1. The first-order valence-electron chi connectivity index (χ1n) is 12.4. The molecule has 0 bridgehead atoms. The summed E-state index contributed by atoms with van der Waals surface area (Å²) >= 11 is 0. The van der Waals surface area contributed by atoms with E-state index >= 15 is 0 Å². The summed E-state index contributed by atoms with van der Waals surface area (Å²) in [5.74, 6) is 3.58. The highest BCUT2D eigenvalue weighted by molar-refractivity contribution is 5.25. The Labute approximate surface area is 181 Å². The Kier molecular flexibility index (Phi) is 5.02. The van der Waals surface area contributed by atoms with Crippen LogP contribution in [0.1, 0.15) is 84.3 Å². The molecule has 2 N–H and O–H groups in total. The van der Waals surface area contributed by atoms with Crippen LogP contribution >= 0.6 is 0 Å². The third kappa shape index (κ3) is 3.14. The third-order valence-corrected chi connectivity index (χ3v) is 10.3. The molecule has 1 aromatic heterocycles. The largest absolute Gasteiger partial charge is 0.469 e. The number of aliphatic hydroxyl groups excluding tert-OH is 1. The smallest absolute Gasteiger partial charge is 0.103 e. The van der Waals surface area contributed by atoms with E-state index in [9.17, 15) is 10.2 Å². The molecule has 0 spiro atoms. The van der Waals surface area contributed by atoms with E-state index in [-0.39, 0.29) is 11.5 Å². The van der Waals surface area contributed by atoms with E-state index in [0.717, 1.165) is 62.0 Å². The number of fused-ring (bicyclic) bond motifs is 5. The molecule has 5 rings (SSSR count). The van der Waals surface area contributed by atoms with Gasteiger partial charge >= 0.3 is 0 Å². The minimum Gasteiger partial charge on any atom is -0.469 e. The number of hydrogen-bond donors (Lipinski definition) is 2. The molecule has 8 atom stereocenters. The van der Waals surface area contributed by atoms with Crippen LogP contribution < -0.4 is 0 Å². The maximum Gasteiger partial charge on any atom is 0.103 e. The van der Waals surface area contributed by atoms with E-state index in [1.54, 1.807) is 11.8 Å². The van der Waals surface area contributed by atoms with E-state index in [1.807, 2.05) is 12.1 Å². The summed E-state index contributed by atoms with van der Waals surface area (Å²) in [4.78, 5) is 0. The Balaban J connectivity index is 1.36. The van der Waals surface area contributed by atoms with Gasteiger partial charge in [-0.05, 0) is 111 Å². The first-order valence-corrected chi connectivity index (χ1v) is 12.4. The highest BCUT2D eigenvalue weighted by atomic mass is 16.3. The van der Waals surface area contributed by atoms with Gasteiger partial charge in [0.25, 0.3) is 0 Å². The van der Waals surface area contributed by atoms with Gasteiger partial charge in [-0.1, -0.05) is 25.5 Å². The van der Waals surface area contributed by atoms with E-state index in [0.29, 0.717) is 11.3 Å². The van der Waals surface area contributed by atoms with Gasteiger partial charge < -0.3 is 14.6 Å². The van der Waals surface area contributed by atoms with Crippen molar-refractivity contribution in [2.45, 2.75) is 96.7 Å². The fourth-order valence-electron chi connectivity index (χ4n) is 8.67. The third-order valence-electron chi connectivity index (χ3n) is 10.3. The molecule has 3 heteroatoms. The summed E-state index contributed by atoms with van der Waals surface area (Å²) in [6.45, 7) is 7.08. The minimum absolute atomic E-state index is 0.130. The molecule has 4 aliphatic rings. The molecule has 1 heterocycles. The standard InChI is InChI=1S/C27H40O3/c1-25-13-10-19(28)17-18(25)6-7-21-22-8-9-24(26(22,2)14-12-23(21)25)27(3,29)15-11-20-5-4-16-30-20/h4-6,16,19,21-24,28-29H,7-15,17H2,1-3H3/t19-,21-,22-,23-,24-,25-,26-,27?/m0/s1. The van der Waals surface area contributed by atoms with Crippen LogP contribution in [-0.2, 0) is 6.42 Å². The van der Waals surface area contributed by atoms with Crippen molar-refractivity contribution in [2.24, 2.45) is 34.5 Å². The van der Waals surface area contributed by atoms with Gasteiger partial charge in [-0.2, -0.15) is 0 Å². The van der Waals surface area contributed by atoms with Crippen molar-refractivity contribution < 1.29 is 14.6 Å². The predicted octanol–water partition coefficient (Wildman–Crippen LogP) is 5.90. The number of hydrogen-bond acceptors (Lipinski definition) is 3. The van der Waals surface area contributed by atoms with Crippen LogP contribution in [0.3, 0.4) is 0 Å². The summed E-state index contributed by atoms with van der Waals surface area (Å²) in [6.07, 6.45) is 14.8.